The maximum Gasteiger partial charge on any atom is 0.260 e. The van der Waals surface area contributed by atoms with Crippen molar-refractivity contribution in [3.63, 3.8) is 0 Å². The lowest BCUT2D eigenvalue weighted by Gasteiger charge is -2.18. The van der Waals surface area contributed by atoms with Crippen molar-refractivity contribution in [1.82, 2.24) is 5.32 Å². The first kappa shape index (κ1) is 15.4. The van der Waals surface area contributed by atoms with Gasteiger partial charge in [-0.1, -0.05) is 13.0 Å². The van der Waals surface area contributed by atoms with Crippen LogP contribution in [-0.4, -0.2) is 18.1 Å². The highest BCUT2D eigenvalue weighted by atomic mass is 19.1. The Hall–Kier alpha value is -1.62. The van der Waals surface area contributed by atoms with E-state index in [2.05, 4.69) is 5.32 Å². The Morgan fingerprint density at radius 2 is 2.16 bits per heavy atom. The van der Waals surface area contributed by atoms with E-state index in [-0.39, 0.29) is 18.5 Å². The highest BCUT2D eigenvalue weighted by molar-refractivity contribution is 5.80. The molecule has 106 valence electrons. The van der Waals surface area contributed by atoms with E-state index in [1.54, 1.807) is 19.1 Å². The van der Waals surface area contributed by atoms with Crippen LogP contribution in [-0.2, 0) is 11.3 Å². The minimum Gasteiger partial charge on any atom is -0.481 e. The third-order valence-corrected chi connectivity index (χ3v) is 2.93. The highest BCUT2D eigenvalue weighted by Crippen LogP contribution is 2.17. The van der Waals surface area contributed by atoms with Crippen LogP contribution in [0.25, 0.3) is 0 Å². The van der Waals surface area contributed by atoms with E-state index in [0.29, 0.717) is 11.3 Å². The molecule has 0 aromatic heterocycles. The van der Waals surface area contributed by atoms with E-state index in [0.717, 1.165) is 6.42 Å². The van der Waals surface area contributed by atoms with Crippen LogP contribution in [0.5, 0.6) is 5.75 Å². The van der Waals surface area contributed by atoms with Crippen molar-refractivity contribution in [3.05, 3.63) is 29.6 Å². The Morgan fingerprint density at radius 3 is 2.68 bits per heavy atom. The van der Waals surface area contributed by atoms with Crippen LogP contribution in [0.15, 0.2) is 18.2 Å². The summed E-state index contributed by atoms with van der Waals surface area (Å²) in [6.07, 6.45) is 0.176. The number of hydrogen-bond acceptors (Lipinski definition) is 3. The third-order valence-electron chi connectivity index (χ3n) is 2.93. The lowest BCUT2D eigenvalue weighted by molar-refractivity contribution is -0.127. The SMILES string of the molecule is CCC(C)NC(=O)C(C)Oc1ccc(CN)c(F)c1. The molecule has 2 atom stereocenters. The fraction of sp³-hybridized carbons (Fsp3) is 0.500. The summed E-state index contributed by atoms with van der Waals surface area (Å²) in [5.74, 6) is -0.311. The predicted octanol–water partition coefficient (Wildman–Crippen LogP) is 1.97. The number of nitrogens with two attached hydrogens (primary N) is 1. The first-order valence-corrected chi connectivity index (χ1v) is 6.43. The van der Waals surface area contributed by atoms with Gasteiger partial charge in [0.2, 0.25) is 0 Å². The molecule has 0 saturated heterocycles. The summed E-state index contributed by atoms with van der Waals surface area (Å²) in [5.41, 5.74) is 5.80. The molecule has 0 aliphatic carbocycles. The zero-order valence-corrected chi connectivity index (χ0v) is 11.6. The van der Waals surface area contributed by atoms with E-state index in [4.69, 9.17) is 10.5 Å². The van der Waals surface area contributed by atoms with Gasteiger partial charge in [0.25, 0.3) is 5.91 Å². The minimum absolute atomic E-state index is 0.0925. The molecule has 0 spiro atoms. The van der Waals surface area contributed by atoms with Crippen LogP contribution in [0.4, 0.5) is 4.39 Å². The normalized spacial score (nSPS) is 13.7. The van der Waals surface area contributed by atoms with Crippen molar-refractivity contribution in [2.75, 3.05) is 0 Å². The lowest BCUT2D eigenvalue weighted by atomic mass is 10.2. The molecule has 2 unspecified atom stereocenters. The van der Waals surface area contributed by atoms with Gasteiger partial charge in [0.1, 0.15) is 11.6 Å². The number of carbonyl (C=O) groups excluding carboxylic acids is 1. The van der Waals surface area contributed by atoms with Crippen molar-refractivity contribution >= 4 is 5.91 Å². The van der Waals surface area contributed by atoms with Gasteiger partial charge in [-0.05, 0) is 26.3 Å². The van der Waals surface area contributed by atoms with Crippen molar-refractivity contribution in [2.24, 2.45) is 5.73 Å². The van der Waals surface area contributed by atoms with E-state index in [9.17, 15) is 9.18 Å². The van der Waals surface area contributed by atoms with Crippen molar-refractivity contribution in [2.45, 2.75) is 45.9 Å². The number of rotatable bonds is 6. The maximum atomic E-state index is 13.5. The Kier molecular flexibility index (Phi) is 5.76. The van der Waals surface area contributed by atoms with Crippen molar-refractivity contribution in [3.8, 4) is 5.75 Å². The number of amides is 1. The second-order valence-corrected chi connectivity index (χ2v) is 4.54. The molecular weight excluding hydrogens is 247 g/mol. The molecule has 0 radical (unpaired) electrons. The largest absolute Gasteiger partial charge is 0.481 e. The van der Waals surface area contributed by atoms with Gasteiger partial charge in [0.15, 0.2) is 6.10 Å². The van der Waals surface area contributed by atoms with Crippen molar-refractivity contribution in [1.29, 1.82) is 0 Å². The van der Waals surface area contributed by atoms with Crippen LogP contribution >= 0.6 is 0 Å². The number of nitrogens with one attached hydrogen (secondary N) is 1. The molecule has 1 aromatic carbocycles. The molecular formula is C14H21FN2O2. The number of halogens is 1. The van der Waals surface area contributed by atoms with Gasteiger partial charge >= 0.3 is 0 Å². The molecule has 5 heteroatoms. The summed E-state index contributed by atoms with van der Waals surface area (Å²) < 4.78 is 18.9. The van der Waals surface area contributed by atoms with Gasteiger partial charge in [0.05, 0.1) is 0 Å². The quantitative estimate of drug-likeness (QED) is 0.829. The molecule has 3 N–H and O–H groups in total. The molecule has 0 bridgehead atoms. The standard InChI is InChI=1S/C14H21FN2O2/c1-4-9(2)17-14(18)10(3)19-12-6-5-11(8-16)13(15)7-12/h5-7,9-10H,4,8,16H2,1-3H3,(H,17,18). The van der Waals surface area contributed by atoms with E-state index in [1.165, 1.54) is 6.07 Å². The van der Waals surface area contributed by atoms with Gasteiger partial charge < -0.3 is 15.8 Å². The Bertz CT molecular complexity index is 437. The third kappa shape index (κ3) is 4.52. The van der Waals surface area contributed by atoms with Crippen LogP contribution in [0, 0.1) is 5.82 Å². The first-order chi connectivity index (χ1) is 8.97. The van der Waals surface area contributed by atoms with Crippen LogP contribution in [0.2, 0.25) is 0 Å². The number of carbonyl (C=O) groups is 1. The first-order valence-electron chi connectivity index (χ1n) is 6.43. The highest BCUT2D eigenvalue weighted by Gasteiger charge is 2.16. The summed E-state index contributed by atoms with van der Waals surface area (Å²) >= 11 is 0. The summed E-state index contributed by atoms with van der Waals surface area (Å²) in [6, 6.07) is 4.51. The molecule has 1 aromatic rings. The molecule has 4 nitrogen and oxygen atoms in total. The summed E-state index contributed by atoms with van der Waals surface area (Å²) in [6.45, 7) is 5.67. The van der Waals surface area contributed by atoms with Gasteiger partial charge in [-0.15, -0.1) is 0 Å². The van der Waals surface area contributed by atoms with Gasteiger partial charge in [-0.25, -0.2) is 4.39 Å². The Balaban J connectivity index is 2.63. The molecule has 0 fully saturated rings. The van der Waals surface area contributed by atoms with Crippen LogP contribution in [0.1, 0.15) is 32.8 Å². The van der Waals surface area contributed by atoms with E-state index < -0.39 is 11.9 Å². The summed E-state index contributed by atoms with van der Waals surface area (Å²) in [7, 11) is 0. The fourth-order valence-electron chi connectivity index (χ4n) is 1.49. The summed E-state index contributed by atoms with van der Waals surface area (Å²) in [4.78, 5) is 11.8. The van der Waals surface area contributed by atoms with Crippen LogP contribution < -0.4 is 15.8 Å². The minimum atomic E-state index is -0.669. The average Bonchev–Trinajstić information content (AvgIpc) is 2.38. The molecule has 0 aliphatic rings. The topological polar surface area (TPSA) is 64.3 Å². The Labute approximate surface area is 113 Å². The number of ether oxygens (including phenoxy) is 1. The summed E-state index contributed by atoms with van der Waals surface area (Å²) in [5, 5.41) is 2.81. The van der Waals surface area contributed by atoms with Gasteiger partial charge in [-0.3, -0.25) is 4.79 Å². The molecule has 1 rings (SSSR count). The van der Waals surface area contributed by atoms with Gasteiger partial charge in [0, 0.05) is 24.2 Å². The van der Waals surface area contributed by atoms with Crippen molar-refractivity contribution < 1.29 is 13.9 Å². The van der Waals surface area contributed by atoms with E-state index >= 15 is 0 Å². The Morgan fingerprint density at radius 1 is 1.47 bits per heavy atom. The molecule has 1 amide bonds. The zero-order chi connectivity index (χ0) is 14.4. The number of hydrogen-bond donors (Lipinski definition) is 2. The smallest absolute Gasteiger partial charge is 0.260 e. The average molecular weight is 268 g/mol. The molecule has 0 saturated carbocycles. The van der Waals surface area contributed by atoms with Crippen LogP contribution in [0.3, 0.4) is 0 Å². The predicted molar refractivity (Wildman–Crippen MR) is 72.3 cm³/mol. The molecule has 19 heavy (non-hydrogen) atoms. The maximum absolute atomic E-state index is 13.5. The lowest BCUT2D eigenvalue weighted by Crippen LogP contribution is -2.41. The molecule has 0 heterocycles. The molecule has 0 aliphatic heterocycles. The fourth-order valence-corrected chi connectivity index (χ4v) is 1.49. The second kappa shape index (κ2) is 7.09. The monoisotopic (exact) mass is 268 g/mol. The van der Waals surface area contributed by atoms with E-state index in [1.807, 2.05) is 13.8 Å². The zero-order valence-electron chi connectivity index (χ0n) is 11.6. The number of benzene rings is 1. The second-order valence-electron chi connectivity index (χ2n) is 4.54. The van der Waals surface area contributed by atoms with Gasteiger partial charge in [-0.2, -0.15) is 0 Å².